The largest absolute Gasteiger partial charge is 0.506 e. The van der Waals surface area contributed by atoms with Crippen LogP contribution in [0.2, 0.25) is 5.02 Å². The van der Waals surface area contributed by atoms with Crippen molar-refractivity contribution in [3.63, 3.8) is 0 Å². The molecule has 0 aliphatic carbocycles. The van der Waals surface area contributed by atoms with Gasteiger partial charge in [0.25, 0.3) is 0 Å². The van der Waals surface area contributed by atoms with Gasteiger partial charge in [0.1, 0.15) is 5.75 Å². The quantitative estimate of drug-likeness (QED) is 0.722. The molecule has 0 unspecified atom stereocenters. The Balaban J connectivity index is 2.11. The van der Waals surface area contributed by atoms with Crippen molar-refractivity contribution in [2.45, 2.75) is 13.8 Å². The molecule has 0 fully saturated rings. The number of phenolic OH excluding ortho intramolecular Hbond substituents is 1. The maximum absolute atomic E-state index is 12.0. The third kappa shape index (κ3) is 3.22. The number of urea groups is 1. The summed E-state index contributed by atoms with van der Waals surface area (Å²) in [7, 11) is 0. The van der Waals surface area contributed by atoms with Gasteiger partial charge in [0.15, 0.2) is 0 Å². The summed E-state index contributed by atoms with van der Waals surface area (Å²) in [5.74, 6) is -0.0210. The molecule has 3 N–H and O–H groups in total. The number of benzene rings is 2. The highest BCUT2D eigenvalue weighted by atomic mass is 35.5. The highest BCUT2D eigenvalue weighted by Gasteiger charge is 2.08. The van der Waals surface area contributed by atoms with Crippen LogP contribution in [0.15, 0.2) is 36.4 Å². The van der Waals surface area contributed by atoms with Gasteiger partial charge in [-0.2, -0.15) is 0 Å². The highest BCUT2D eigenvalue weighted by Crippen LogP contribution is 2.26. The number of hydrogen-bond acceptors (Lipinski definition) is 2. The van der Waals surface area contributed by atoms with Crippen molar-refractivity contribution >= 4 is 29.0 Å². The minimum Gasteiger partial charge on any atom is -0.506 e. The van der Waals surface area contributed by atoms with Crippen LogP contribution in [0.4, 0.5) is 16.2 Å². The molecule has 0 heterocycles. The molecule has 104 valence electrons. The van der Waals surface area contributed by atoms with Crippen LogP contribution >= 0.6 is 11.6 Å². The number of carbonyl (C=O) groups excluding carboxylic acids is 1. The number of phenols is 1. The summed E-state index contributed by atoms with van der Waals surface area (Å²) in [5.41, 5.74) is 3.28. The average molecular weight is 291 g/mol. The van der Waals surface area contributed by atoms with Crippen LogP contribution in [0.3, 0.4) is 0 Å². The number of amides is 2. The lowest BCUT2D eigenvalue weighted by Gasteiger charge is -2.12. The van der Waals surface area contributed by atoms with Crippen LogP contribution < -0.4 is 10.6 Å². The van der Waals surface area contributed by atoms with Gasteiger partial charge >= 0.3 is 6.03 Å². The summed E-state index contributed by atoms with van der Waals surface area (Å²) in [6, 6.07) is 9.93. The number of nitrogens with one attached hydrogen (secondary N) is 2. The summed E-state index contributed by atoms with van der Waals surface area (Å²) in [6.45, 7) is 3.86. The number of para-hydroxylation sites is 1. The third-order valence-corrected chi connectivity index (χ3v) is 3.23. The van der Waals surface area contributed by atoms with Crippen molar-refractivity contribution in [3.05, 3.63) is 52.5 Å². The van der Waals surface area contributed by atoms with Gasteiger partial charge in [0.05, 0.1) is 5.02 Å². The monoisotopic (exact) mass is 290 g/mol. The zero-order chi connectivity index (χ0) is 14.7. The lowest BCUT2D eigenvalue weighted by molar-refractivity contribution is 0.262. The Morgan fingerprint density at radius 2 is 1.75 bits per heavy atom. The van der Waals surface area contributed by atoms with Crippen molar-refractivity contribution in [1.82, 2.24) is 0 Å². The molecular weight excluding hydrogens is 276 g/mol. The third-order valence-electron chi connectivity index (χ3n) is 2.93. The van der Waals surface area contributed by atoms with Crippen LogP contribution in [-0.4, -0.2) is 11.1 Å². The normalized spacial score (nSPS) is 10.2. The molecule has 0 atom stereocenters. The Bertz CT molecular complexity index is 636. The van der Waals surface area contributed by atoms with Gasteiger partial charge in [-0.05, 0) is 43.2 Å². The fourth-order valence-electron chi connectivity index (χ4n) is 1.87. The molecule has 0 aliphatic rings. The topological polar surface area (TPSA) is 61.4 Å². The van der Waals surface area contributed by atoms with E-state index in [0.717, 1.165) is 16.8 Å². The van der Waals surface area contributed by atoms with E-state index in [9.17, 15) is 9.90 Å². The highest BCUT2D eigenvalue weighted by molar-refractivity contribution is 6.32. The Kier molecular flexibility index (Phi) is 4.15. The molecule has 20 heavy (non-hydrogen) atoms. The number of carbonyl (C=O) groups is 1. The van der Waals surface area contributed by atoms with E-state index in [1.807, 2.05) is 32.0 Å². The number of halogens is 1. The Morgan fingerprint density at radius 1 is 1.10 bits per heavy atom. The molecule has 0 bridgehead atoms. The molecule has 5 heteroatoms. The van der Waals surface area contributed by atoms with E-state index >= 15 is 0 Å². The second kappa shape index (κ2) is 5.84. The molecule has 0 radical (unpaired) electrons. The first-order valence-electron chi connectivity index (χ1n) is 6.10. The Morgan fingerprint density at radius 3 is 2.35 bits per heavy atom. The van der Waals surface area contributed by atoms with Gasteiger partial charge < -0.3 is 15.7 Å². The first-order valence-corrected chi connectivity index (χ1v) is 6.48. The smallest absolute Gasteiger partial charge is 0.323 e. The minimum atomic E-state index is -0.357. The summed E-state index contributed by atoms with van der Waals surface area (Å²) < 4.78 is 0. The standard InChI is InChI=1S/C15H15ClN2O2/c1-9-4-3-5-10(2)14(9)18-15(20)17-11-6-7-13(19)12(16)8-11/h3-8,19H,1-2H3,(H2,17,18,20). The van der Waals surface area contributed by atoms with Crippen LogP contribution in [0, 0.1) is 13.8 Å². The van der Waals surface area contributed by atoms with Crippen LogP contribution in [0.25, 0.3) is 0 Å². The molecule has 0 aliphatic heterocycles. The van der Waals surface area contributed by atoms with Gasteiger partial charge in [-0.15, -0.1) is 0 Å². The summed E-state index contributed by atoms with van der Waals surface area (Å²) in [5, 5.41) is 15.0. The predicted octanol–water partition coefficient (Wildman–Crippen LogP) is 4.31. The maximum Gasteiger partial charge on any atom is 0.323 e. The molecular formula is C15H15ClN2O2. The lowest BCUT2D eigenvalue weighted by atomic mass is 10.1. The van der Waals surface area contributed by atoms with Gasteiger partial charge in [0, 0.05) is 11.4 Å². The molecule has 2 aromatic carbocycles. The van der Waals surface area contributed by atoms with Crippen molar-refractivity contribution in [2.24, 2.45) is 0 Å². The van der Waals surface area contributed by atoms with Gasteiger partial charge in [-0.1, -0.05) is 29.8 Å². The van der Waals surface area contributed by atoms with Gasteiger partial charge in [-0.25, -0.2) is 4.79 Å². The van der Waals surface area contributed by atoms with Crippen molar-refractivity contribution < 1.29 is 9.90 Å². The molecule has 0 saturated heterocycles. The van der Waals surface area contributed by atoms with Crippen molar-refractivity contribution in [2.75, 3.05) is 10.6 Å². The summed E-state index contributed by atoms with van der Waals surface area (Å²) >= 11 is 5.79. The second-order valence-corrected chi connectivity index (χ2v) is 4.92. The summed E-state index contributed by atoms with van der Waals surface area (Å²) in [6.07, 6.45) is 0. The Labute approximate surface area is 122 Å². The van der Waals surface area contributed by atoms with Crippen molar-refractivity contribution in [3.8, 4) is 5.75 Å². The molecule has 0 aromatic heterocycles. The molecule has 4 nitrogen and oxygen atoms in total. The van der Waals surface area contributed by atoms with Crippen molar-refractivity contribution in [1.29, 1.82) is 0 Å². The van der Waals surface area contributed by atoms with E-state index in [1.165, 1.54) is 12.1 Å². The number of aromatic hydroxyl groups is 1. The van der Waals surface area contributed by atoms with Gasteiger partial charge in [0.2, 0.25) is 0 Å². The summed E-state index contributed by atoms with van der Waals surface area (Å²) in [4.78, 5) is 12.0. The predicted molar refractivity (Wildman–Crippen MR) is 81.7 cm³/mol. The van der Waals surface area contributed by atoms with E-state index < -0.39 is 0 Å². The number of hydrogen-bond donors (Lipinski definition) is 3. The second-order valence-electron chi connectivity index (χ2n) is 4.51. The fourth-order valence-corrected chi connectivity index (χ4v) is 2.05. The van der Waals surface area contributed by atoms with E-state index in [1.54, 1.807) is 6.07 Å². The number of rotatable bonds is 2. The maximum atomic E-state index is 12.0. The van der Waals surface area contributed by atoms with E-state index in [-0.39, 0.29) is 16.8 Å². The Hall–Kier alpha value is -2.20. The fraction of sp³-hybridized carbons (Fsp3) is 0.133. The molecule has 2 amide bonds. The van der Waals surface area contributed by atoms with Crippen LogP contribution in [0.1, 0.15) is 11.1 Å². The lowest BCUT2D eigenvalue weighted by Crippen LogP contribution is -2.20. The molecule has 0 spiro atoms. The molecule has 0 saturated carbocycles. The number of anilines is 2. The zero-order valence-electron chi connectivity index (χ0n) is 11.2. The average Bonchev–Trinajstić information content (AvgIpc) is 2.38. The van der Waals surface area contributed by atoms with Crippen LogP contribution in [-0.2, 0) is 0 Å². The van der Waals surface area contributed by atoms with E-state index in [0.29, 0.717) is 5.69 Å². The van der Waals surface area contributed by atoms with E-state index in [2.05, 4.69) is 10.6 Å². The van der Waals surface area contributed by atoms with E-state index in [4.69, 9.17) is 11.6 Å². The SMILES string of the molecule is Cc1cccc(C)c1NC(=O)Nc1ccc(O)c(Cl)c1. The molecule has 2 rings (SSSR count). The first-order chi connectivity index (χ1) is 9.47. The minimum absolute atomic E-state index is 0.0210. The van der Waals surface area contributed by atoms with Gasteiger partial charge in [-0.3, -0.25) is 0 Å². The molecule has 2 aromatic rings. The number of aryl methyl sites for hydroxylation is 2. The zero-order valence-corrected chi connectivity index (χ0v) is 12.0. The van der Waals surface area contributed by atoms with Crippen LogP contribution in [0.5, 0.6) is 5.75 Å². The first kappa shape index (κ1) is 14.2.